The number of benzene rings is 2. The first-order valence-corrected chi connectivity index (χ1v) is 12.2. The molecule has 0 atom stereocenters. The summed E-state index contributed by atoms with van der Waals surface area (Å²) in [6, 6.07) is 9.90. The number of rotatable bonds is 10. The van der Waals surface area contributed by atoms with Gasteiger partial charge in [-0.3, -0.25) is 9.59 Å². The predicted octanol–water partition coefficient (Wildman–Crippen LogP) is 2.74. The summed E-state index contributed by atoms with van der Waals surface area (Å²) in [4.78, 5) is 25.8. The van der Waals surface area contributed by atoms with E-state index in [1.807, 2.05) is 0 Å². The normalized spacial score (nSPS) is 14.1. The number of nitrogens with one attached hydrogen (secondary N) is 2. The molecule has 0 saturated carbocycles. The Labute approximate surface area is 192 Å². The Morgan fingerprint density at radius 3 is 2.56 bits per heavy atom. The third-order valence-corrected chi connectivity index (χ3v) is 6.96. The number of likely N-dealkylation sites (tertiary alicyclic amines) is 1. The van der Waals surface area contributed by atoms with Gasteiger partial charge in [-0.25, -0.2) is 17.5 Å². The van der Waals surface area contributed by atoms with E-state index in [0.29, 0.717) is 32.4 Å². The second-order valence-corrected chi connectivity index (χ2v) is 9.68. The van der Waals surface area contributed by atoms with Crippen LogP contribution in [-0.2, 0) is 21.2 Å². The lowest BCUT2D eigenvalue weighted by Crippen LogP contribution is -2.31. The molecule has 1 fully saturated rings. The van der Waals surface area contributed by atoms with Crippen molar-refractivity contribution in [3.8, 4) is 0 Å². The Kier molecular flexibility index (Phi) is 8.22. The molecular weight excluding hydrogens is 457 g/mol. The lowest BCUT2D eigenvalue weighted by Gasteiger charge is -2.15. The minimum Gasteiger partial charge on any atom is -0.352 e. The standard InChI is InChI=1S/C22H25ClFN3O4S/c23-20-9-8-18(32(30,31)26-11-2-14-27-13-1-3-21(27)28)15-19(20)22(29)25-12-10-16-4-6-17(24)7-5-16/h4-9,15,26H,1-3,10-14H2,(H,25,29). The molecular formula is C22H25ClFN3O4S. The van der Waals surface area contributed by atoms with Crippen LogP contribution in [-0.4, -0.2) is 51.3 Å². The fourth-order valence-corrected chi connectivity index (χ4v) is 4.72. The summed E-state index contributed by atoms with van der Waals surface area (Å²) in [6.07, 6.45) is 2.37. The molecule has 1 heterocycles. The van der Waals surface area contributed by atoms with E-state index in [1.54, 1.807) is 17.0 Å². The van der Waals surface area contributed by atoms with Crippen molar-refractivity contribution >= 4 is 33.4 Å². The molecule has 0 spiro atoms. The number of carbonyl (C=O) groups excluding carboxylic acids is 2. The summed E-state index contributed by atoms with van der Waals surface area (Å²) >= 11 is 6.11. The number of amides is 2. The van der Waals surface area contributed by atoms with E-state index in [2.05, 4.69) is 10.0 Å². The first-order chi connectivity index (χ1) is 15.3. The molecule has 172 valence electrons. The van der Waals surface area contributed by atoms with Crippen molar-refractivity contribution in [3.63, 3.8) is 0 Å². The van der Waals surface area contributed by atoms with Crippen molar-refractivity contribution in [2.45, 2.75) is 30.6 Å². The molecule has 2 aromatic rings. The highest BCUT2D eigenvalue weighted by molar-refractivity contribution is 7.89. The zero-order valence-corrected chi connectivity index (χ0v) is 19.0. The van der Waals surface area contributed by atoms with Crippen molar-refractivity contribution in [2.75, 3.05) is 26.2 Å². The number of hydrogen-bond donors (Lipinski definition) is 2. The maximum absolute atomic E-state index is 13.0. The van der Waals surface area contributed by atoms with Crippen molar-refractivity contribution in [2.24, 2.45) is 0 Å². The first kappa shape index (κ1) is 24.2. The van der Waals surface area contributed by atoms with Crippen molar-refractivity contribution in [1.29, 1.82) is 0 Å². The number of sulfonamides is 1. The largest absolute Gasteiger partial charge is 0.352 e. The molecule has 1 aliphatic rings. The molecule has 7 nitrogen and oxygen atoms in total. The van der Waals surface area contributed by atoms with Crippen LogP contribution in [0.1, 0.15) is 35.2 Å². The van der Waals surface area contributed by atoms with Crippen LogP contribution in [0.4, 0.5) is 4.39 Å². The van der Waals surface area contributed by atoms with Gasteiger partial charge in [0.15, 0.2) is 0 Å². The second kappa shape index (κ2) is 10.9. The fourth-order valence-electron chi connectivity index (χ4n) is 3.41. The molecule has 1 saturated heterocycles. The van der Waals surface area contributed by atoms with E-state index >= 15 is 0 Å². The lowest BCUT2D eigenvalue weighted by molar-refractivity contribution is -0.127. The van der Waals surface area contributed by atoms with Crippen LogP contribution in [0.15, 0.2) is 47.4 Å². The van der Waals surface area contributed by atoms with Gasteiger partial charge < -0.3 is 10.2 Å². The molecule has 3 rings (SSSR count). The molecule has 2 amide bonds. The predicted molar refractivity (Wildman–Crippen MR) is 120 cm³/mol. The van der Waals surface area contributed by atoms with Crippen LogP contribution in [0.5, 0.6) is 0 Å². The minimum atomic E-state index is -3.84. The number of nitrogens with zero attached hydrogens (tertiary/aromatic N) is 1. The molecule has 2 aromatic carbocycles. The Morgan fingerprint density at radius 1 is 1.12 bits per heavy atom. The van der Waals surface area contributed by atoms with Gasteiger partial charge in [0.1, 0.15) is 5.82 Å². The average Bonchev–Trinajstić information content (AvgIpc) is 3.17. The van der Waals surface area contributed by atoms with E-state index in [4.69, 9.17) is 11.6 Å². The van der Waals surface area contributed by atoms with Gasteiger partial charge in [-0.05, 0) is 55.2 Å². The van der Waals surface area contributed by atoms with E-state index in [1.165, 1.54) is 30.3 Å². The third-order valence-electron chi connectivity index (χ3n) is 5.17. The number of hydrogen-bond acceptors (Lipinski definition) is 4. The monoisotopic (exact) mass is 481 g/mol. The summed E-state index contributed by atoms with van der Waals surface area (Å²) in [5, 5.41) is 2.83. The van der Waals surface area contributed by atoms with Gasteiger partial charge in [-0.15, -0.1) is 0 Å². The van der Waals surface area contributed by atoms with Crippen molar-refractivity contribution in [1.82, 2.24) is 14.9 Å². The van der Waals surface area contributed by atoms with Gasteiger partial charge in [0.25, 0.3) is 5.91 Å². The maximum Gasteiger partial charge on any atom is 0.252 e. The quantitative estimate of drug-likeness (QED) is 0.510. The lowest BCUT2D eigenvalue weighted by atomic mass is 10.1. The third kappa shape index (κ3) is 6.51. The van der Waals surface area contributed by atoms with Crippen LogP contribution in [0.3, 0.4) is 0 Å². The maximum atomic E-state index is 13.0. The van der Waals surface area contributed by atoms with Gasteiger partial charge in [0, 0.05) is 32.6 Å². The highest BCUT2D eigenvalue weighted by Crippen LogP contribution is 2.20. The smallest absolute Gasteiger partial charge is 0.252 e. The van der Waals surface area contributed by atoms with Crippen LogP contribution >= 0.6 is 11.6 Å². The Bertz CT molecular complexity index is 1080. The summed E-state index contributed by atoms with van der Waals surface area (Å²) < 4.78 is 40.7. The Balaban J connectivity index is 1.55. The Hall–Kier alpha value is -2.49. The van der Waals surface area contributed by atoms with E-state index in [-0.39, 0.29) is 40.3 Å². The van der Waals surface area contributed by atoms with Crippen LogP contribution in [0.2, 0.25) is 5.02 Å². The molecule has 0 aromatic heterocycles. The van der Waals surface area contributed by atoms with Crippen molar-refractivity contribution < 1.29 is 22.4 Å². The van der Waals surface area contributed by atoms with Crippen LogP contribution < -0.4 is 10.0 Å². The van der Waals surface area contributed by atoms with Crippen LogP contribution in [0, 0.1) is 5.82 Å². The summed E-state index contributed by atoms with van der Waals surface area (Å²) in [6.45, 7) is 1.67. The molecule has 2 N–H and O–H groups in total. The number of carbonyl (C=O) groups is 2. The topological polar surface area (TPSA) is 95.6 Å². The van der Waals surface area contributed by atoms with Gasteiger partial charge in [-0.1, -0.05) is 23.7 Å². The molecule has 1 aliphatic heterocycles. The van der Waals surface area contributed by atoms with Gasteiger partial charge in [0.2, 0.25) is 15.9 Å². The minimum absolute atomic E-state index is 0.0521. The summed E-state index contributed by atoms with van der Waals surface area (Å²) in [5.74, 6) is -0.733. The summed E-state index contributed by atoms with van der Waals surface area (Å²) in [7, 11) is -3.84. The highest BCUT2D eigenvalue weighted by atomic mass is 35.5. The van der Waals surface area contributed by atoms with Crippen LogP contribution in [0.25, 0.3) is 0 Å². The number of halogens is 2. The molecule has 32 heavy (non-hydrogen) atoms. The zero-order chi connectivity index (χ0) is 23.1. The van der Waals surface area contributed by atoms with Gasteiger partial charge in [0.05, 0.1) is 15.5 Å². The zero-order valence-electron chi connectivity index (χ0n) is 17.4. The SMILES string of the molecule is O=C(NCCc1ccc(F)cc1)c1cc(S(=O)(=O)NCCCN2CCCC2=O)ccc1Cl. The van der Waals surface area contributed by atoms with Gasteiger partial charge in [-0.2, -0.15) is 0 Å². The van der Waals surface area contributed by atoms with Gasteiger partial charge >= 0.3 is 0 Å². The van der Waals surface area contributed by atoms with E-state index in [9.17, 15) is 22.4 Å². The molecule has 0 radical (unpaired) electrons. The summed E-state index contributed by atoms with van der Waals surface area (Å²) in [5.41, 5.74) is 0.908. The molecule has 0 aliphatic carbocycles. The second-order valence-electron chi connectivity index (χ2n) is 7.51. The average molecular weight is 482 g/mol. The fraction of sp³-hybridized carbons (Fsp3) is 0.364. The molecule has 0 unspecified atom stereocenters. The highest BCUT2D eigenvalue weighted by Gasteiger charge is 2.21. The molecule has 10 heteroatoms. The molecule has 0 bridgehead atoms. The van der Waals surface area contributed by atoms with Crippen molar-refractivity contribution in [3.05, 3.63) is 64.4 Å². The van der Waals surface area contributed by atoms with E-state index in [0.717, 1.165) is 12.0 Å². The van der Waals surface area contributed by atoms with E-state index < -0.39 is 15.9 Å². The first-order valence-electron chi connectivity index (χ1n) is 10.4. The Morgan fingerprint density at radius 2 is 1.88 bits per heavy atom.